The third-order valence-corrected chi connectivity index (χ3v) is 9.35. The summed E-state index contributed by atoms with van der Waals surface area (Å²) in [5.74, 6) is -1.56. The molecular weight excluding hydrogens is 607 g/mol. The molecule has 1 aliphatic heterocycles. The number of nitrogens with one attached hydrogen (secondary N) is 1. The van der Waals surface area contributed by atoms with Gasteiger partial charge >= 0.3 is 0 Å². The number of carbonyl (C=O) groups excluding carboxylic acids is 3. The second kappa shape index (κ2) is 13.1. The molecule has 2 fully saturated rings. The van der Waals surface area contributed by atoms with Gasteiger partial charge in [0.1, 0.15) is 11.8 Å². The van der Waals surface area contributed by atoms with Crippen molar-refractivity contribution in [3.63, 3.8) is 0 Å². The molecule has 1 saturated carbocycles. The van der Waals surface area contributed by atoms with E-state index in [4.69, 9.17) is 27.9 Å². The molecule has 1 saturated heterocycles. The molecule has 4 atom stereocenters. The van der Waals surface area contributed by atoms with Gasteiger partial charge in [-0.05, 0) is 85.0 Å². The summed E-state index contributed by atoms with van der Waals surface area (Å²) in [6.07, 6.45) is 1.51. The summed E-state index contributed by atoms with van der Waals surface area (Å²) in [4.78, 5) is 45.1. The van der Waals surface area contributed by atoms with Gasteiger partial charge in [0.25, 0.3) is 0 Å². The molecule has 45 heavy (non-hydrogen) atoms. The van der Waals surface area contributed by atoms with Crippen LogP contribution in [0.25, 0.3) is 0 Å². The highest BCUT2D eigenvalue weighted by atomic mass is 35.5. The Kier molecular flexibility index (Phi) is 8.97. The van der Waals surface area contributed by atoms with Crippen molar-refractivity contribution in [2.45, 2.75) is 44.3 Å². The van der Waals surface area contributed by atoms with Gasteiger partial charge in [0.15, 0.2) is 5.78 Å². The van der Waals surface area contributed by atoms with Gasteiger partial charge < -0.3 is 15.0 Å². The third-order valence-electron chi connectivity index (χ3n) is 8.85. The lowest BCUT2D eigenvalue weighted by Crippen LogP contribution is -2.49. The van der Waals surface area contributed by atoms with E-state index in [2.05, 4.69) is 5.32 Å². The summed E-state index contributed by atoms with van der Waals surface area (Å²) in [5.41, 5.74) is 4.03. The van der Waals surface area contributed by atoms with Gasteiger partial charge in [-0.3, -0.25) is 14.4 Å². The molecular formula is C37H34Cl2N2O4. The number of nitrogens with zero attached hydrogens (tertiary/aromatic N) is 1. The van der Waals surface area contributed by atoms with Crippen LogP contribution in [0.1, 0.15) is 57.4 Å². The van der Waals surface area contributed by atoms with Crippen molar-refractivity contribution in [1.29, 1.82) is 0 Å². The maximum Gasteiger partial charge on any atom is 0.243 e. The molecule has 1 N–H and O–H groups in total. The first kappa shape index (κ1) is 30.9. The molecule has 1 heterocycles. The summed E-state index contributed by atoms with van der Waals surface area (Å²) >= 11 is 12.5. The third kappa shape index (κ3) is 6.49. The Hall–Kier alpha value is -4.13. The minimum atomic E-state index is -0.946. The fourth-order valence-corrected chi connectivity index (χ4v) is 6.62. The molecule has 2 aliphatic rings. The van der Waals surface area contributed by atoms with Gasteiger partial charge in [-0.2, -0.15) is 0 Å². The van der Waals surface area contributed by atoms with Crippen LogP contribution in [0, 0.1) is 18.8 Å². The van der Waals surface area contributed by atoms with Crippen molar-refractivity contribution < 1.29 is 19.1 Å². The molecule has 2 amide bonds. The number of Topliss-reactive ketones (excluding diaryl/α,β-unsaturated/α-hetero) is 1. The number of methoxy groups -OCH3 is 1. The molecule has 1 aliphatic carbocycles. The molecule has 4 aromatic rings. The largest absolute Gasteiger partial charge is 0.497 e. The number of hydrogen-bond donors (Lipinski definition) is 1. The van der Waals surface area contributed by atoms with E-state index in [1.165, 1.54) is 0 Å². The van der Waals surface area contributed by atoms with Crippen LogP contribution in [0.2, 0.25) is 10.0 Å². The number of rotatable bonds is 9. The lowest BCUT2D eigenvalue weighted by Gasteiger charge is -2.32. The molecule has 8 heteroatoms. The number of benzene rings is 4. The number of aryl methyl sites for hydroxylation is 1. The minimum absolute atomic E-state index is 0.114. The molecule has 0 radical (unpaired) electrons. The maximum absolute atomic E-state index is 14.7. The molecule has 6 rings (SSSR count). The van der Waals surface area contributed by atoms with E-state index < -0.39 is 23.9 Å². The topological polar surface area (TPSA) is 75.7 Å². The van der Waals surface area contributed by atoms with Crippen molar-refractivity contribution in [2.24, 2.45) is 11.8 Å². The Balaban J connectivity index is 1.51. The van der Waals surface area contributed by atoms with E-state index >= 15 is 0 Å². The molecule has 0 aromatic heterocycles. The number of hydrogen-bond acceptors (Lipinski definition) is 4. The molecule has 4 unspecified atom stereocenters. The van der Waals surface area contributed by atoms with Crippen LogP contribution < -0.4 is 10.1 Å². The second-order valence-electron chi connectivity index (χ2n) is 11.9. The normalized spacial score (nSPS) is 20.9. The van der Waals surface area contributed by atoms with Crippen LogP contribution >= 0.6 is 23.2 Å². The van der Waals surface area contributed by atoms with Crippen LogP contribution in [0.3, 0.4) is 0 Å². The van der Waals surface area contributed by atoms with Crippen LogP contribution in [0.5, 0.6) is 5.75 Å². The Morgan fingerprint density at radius 3 is 1.96 bits per heavy atom. The predicted molar refractivity (Wildman–Crippen MR) is 176 cm³/mol. The number of carbonyl (C=O) groups is 3. The van der Waals surface area contributed by atoms with Gasteiger partial charge in [0.05, 0.1) is 19.1 Å². The highest BCUT2D eigenvalue weighted by molar-refractivity contribution is 6.31. The van der Waals surface area contributed by atoms with E-state index in [0.717, 1.165) is 35.1 Å². The molecule has 6 nitrogen and oxygen atoms in total. The summed E-state index contributed by atoms with van der Waals surface area (Å²) in [5, 5.41) is 4.15. The van der Waals surface area contributed by atoms with Crippen LogP contribution in [-0.2, 0) is 16.1 Å². The summed E-state index contributed by atoms with van der Waals surface area (Å²) in [6, 6.07) is 27.7. The standard InChI is InChI=1S/C37H34Cl2N2O4/c1-22-3-5-23(6-4-22)21-40-36(43)34-31(24-9-15-28(38)16-10-24)32(35(42)26-11-17-29(39)18-12-26)33(41(34)37(44)27-7-8-27)25-13-19-30(45-2)20-14-25/h3-6,9-20,27,31-34H,7-8,21H2,1-2H3,(H,40,43). The zero-order valence-electron chi connectivity index (χ0n) is 25.1. The first-order valence-corrected chi connectivity index (χ1v) is 15.9. The van der Waals surface area contributed by atoms with Crippen LogP contribution in [0.15, 0.2) is 97.1 Å². The maximum atomic E-state index is 14.7. The Morgan fingerprint density at radius 1 is 0.800 bits per heavy atom. The number of ketones is 1. The fraction of sp³-hybridized carbons (Fsp3) is 0.270. The monoisotopic (exact) mass is 640 g/mol. The molecule has 0 bridgehead atoms. The minimum Gasteiger partial charge on any atom is -0.497 e. The zero-order valence-corrected chi connectivity index (χ0v) is 26.6. The summed E-state index contributed by atoms with van der Waals surface area (Å²) in [6.45, 7) is 2.30. The fourth-order valence-electron chi connectivity index (χ4n) is 6.37. The number of likely N-dealkylation sites (tertiary alicyclic amines) is 1. The van der Waals surface area contributed by atoms with Crippen molar-refractivity contribution in [3.05, 3.63) is 135 Å². The Morgan fingerprint density at radius 2 is 1.38 bits per heavy atom. The van der Waals surface area contributed by atoms with E-state index in [1.54, 1.807) is 48.4 Å². The van der Waals surface area contributed by atoms with Crippen molar-refractivity contribution >= 4 is 40.8 Å². The Labute approximate surface area is 273 Å². The van der Waals surface area contributed by atoms with Crippen molar-refractivity contribution in [2.75, 3.05) is 7.11 Å². The Bertz CT molecular complexity index is 1680. The first-order valence-electron chi connectivity index (χ1n) is 15.1. The number of halogens is 2. The van der Waals surface area contributed by atoms with Gasteiger partial charge in [-0.1, -0.05) is 77.3 Å². The van der Waals surface area contributed by atoms with Gasteiger partial charge in [0, 0.05) is 34.0 Å². The lowest BCUT2D eigenvalue weighted by atomic mass is 9.76. The van der Waals surface area contributed by atoms with Gasteiger partial charge in [-0.25, -0.2) is 0 Å². The smallest absolute Gasteiger partial charge is 0.243 e. The van der Waals surface area contributed by atoms with Gasteiger partial charge in [-0.15, -0.1) is 0 Å². The van der Waals surface area contributed by atoms with E-state index in [9.17, 15) is 14.4 Å². The average Bonchev–Trinajstić information content (AvgIpc) is 3.85. The average molecular weight is 642 g/mol. The van der Waals surface area contributed by atoms with Gasteiger partial charge in [0.2, 0.25) is 11.8 Å². The van der Waals surface area contributed by atoms with Crippen LogP contribution in [-0.4, -0.2) is 35.6 Å². The second-order valence-corrected chi connectivity index (χ2v) is 12.7. The van der Waals surface area contributed by atoms with E-state index in [-0.39, 0.29) is 30.1 Å². The van der Waals surface area contributed by atoms with Crippen molar-refractivity contribution in [3.8, 4) is 5.75 Å². The predicted octanol–water partition coefficient (Wildman–Crippen LogP) is 7.57. The number of ether oxygens (including phenoxy) is 1. The molecule has 4 aromatic carbocycles. The highest BCUT2D eigenvalue weighted by Gasteiger charge is 2.58. The molecule has 0 spiro atoms. The van der Waals surface area contributed by atoms with E-state index in [0.29, 0.717) is 21.4 Å². The quantitative estimate of drug-likeness (QED) is 0.191. The van der Waals surface area contributed by atoms with Crippen molar-refractivity contribution in [1.82, 2.24) is 10.2 Å². The lowest BCUT2D eigenvalue weighted by molar-refractivity contribution is -0.142. The molecule has 230 valence electrons. The SMILES string of the molecule is COc1ccc(C2C(C(=O)c3ccc(Cl)cc3)C(c3ccc(Cl)cc3)C(C(=O)NCc3ccc(C)cc3)N2C(=O)C2CC2)cc1. The summed E-state index contributed by atoms with van der Waals surface area (Å²) < 4.78 is 5.41. The first-order chi connectivity index (χ1) is 21.7. The zero-order chi connectivity index (χ0) is 31.7. The highest BCUT2D eigenvalue weighted by Crippen LogP contribution is 2.53. The van der Waals surface area contributed by atoms with E-state index in [1.807, 2.05) is 67.6 Å². The number of amides is 2. The van der Waals surface area contributed by atoms with Crippen LogP contribution in [0.4, 0.5) is 0 Å². The summed E-state index contributed by atoms with van der Waals surface area (Å²) in [7, 11) is 1.59.